The van der Waals surface area contributed by atoms with Crippen molar-refractivity contribution >= 4 is 17.7 Å². The average molecular weight is 649 g/mol. The smallest absolute Gasteiger partial charge is 0.419 e. The van der Waals surface area contributed by atoms with Crippen molar-refractivity contribution in [2.24, 2.45) is 0 Å². The molecule has 4 rings (SSSR count). The summed E-state index contributed by atoms with van der Waals surface area (Å²) in [6.45, 7) is 11.6. The third kappa shape index (κ3) is 9.93. The van der Waals surface area contributed by atoms with Gasteiger partial charge in [-0.15, -0.1) is 0 Å². The van der Waals surface area contributed by atoms with Crippen molar-refractivity contribution in [2.75, 3.05) is 13.2 Å². The van der Waals surface area contributed by atoms with Gasteiger partial charge in [-0.1, -0.05) is 31.9 Å². The molecule has 0 heterocycles. The molecule has 0 N–H and O–H groups in total. The predicted octanol–water partition coefficient (Wildman–Crippen LogP) is 7.81. The number of ketones is 1. The molecule has 47 heavy (non-hydrogen) atoms. The van der Waals surface area contributed by atoms with Crippen molar-refractivity contribution in [3.63, 3.8) is 0 Å². The Kier molecular flexibility index (Phi) is 11.8. The summed E-state index contributed by atoms with van der Waals surface area (Å²) in [7, 11) is 0. The largest absolute Gasteiger partial charge is 0.494 e. The quantitative estimate of drug-likeness (QED) is 0.0316. The van der Waals surface area contributed by atoms with E-state index < -0.39 is 29.4 Å². The number of ether oxygens (including phenoxy) is 4. The molecule has 0 fully saturated rings. The molecule has 0 saturated heterocycles. The van der Waals surface area contributed by atoms with E-state index in [0.717, 1.165) is 42.2 Å². The number of Topliss-reactive ketones (excluding diaryl/α,β-unsaturated/α-hetero) is 1. The van der Waals surface area contributed by atoms with Crippen molar-refractivity contribution in [1.29, 1.82) is 0 Å². The number of allylic oxidation sites excluding steroid dienone is 1. The highest BCUT2D eigenvalue weighted by atomic mass is 19.4. The van der Waals surface area contributed by atoms with Gasteiger partial charge < -0.3 is 18.9 Å². The van der Waals surface area contributed by atoms with E-state index in [9.17, 15) is 27.6 Å². The summed E-state index contributed by atoms with van der Waals surface area (Å²) in [5, 5.41) is 0. The Bertz CT molecular complexity index is 1640. The molecule has 3 aromatic rings. The van der Waals surface area contributed by atoms with Crippen molar-refractivity contribution in [3.8, 4) is 11.5 Å². The number of benzene rings is 3. The Morgan fingerprint density at radius 2 is 1.60 bits per heavy atom. The molecule has 3 aromatic carbocycles. The Morgan fingerprint density at radius 1 is 0.872 bits per heavy atom. The lowest BCUT2D eigenvalue weighted by Gasteiger charge is -2.24. The molecule has 1 aliphatic carbocycles. The lowest BCUT2D eigenvalue weighted by molar-refractivity contribution is -0.143. The maximum Gasteiger partial charge on any atom is 0.419 e. The fraction of sp³-hybridized carbons (Fsp3) is 0.270. The predicted molar refractivity (Wildman–Crippen MR) is 169 cm³/mol. The molecule has 0 spiro atoms. The minimum absolute atomic E-state index is 0.0916. The van der Waals surface area contributed by atoms with Crippen LogP contribution in [0.2, 0.25) is 0 Å². The van der Waals surface area contributed by atoms with Gasteiger partial charge in [-0.2, -0.15) is 13.2 Å². The van der Waals surface area contributed by atoms with Gasteiger partial charge in [0.15, 0.2) is 5.78 Å². The molecule has 1 unspecified atom stereocenters. The second-order valence-corrected chi connectivity index (χ2v) is 10.9. The van der Waals surface area contributed by atoms with Gasteiger partial charge in [0.1, 0.15) is 23.4 Å². The second kappa shape index (κ2) is 15.9. The van der Waals surface area contributed by atoms with Crippen molar-refractivity contribution in [1.82, 2.24) is 0 Å². The third-order valence-corrected chi connectivity index (χ3v) is 7.49. The highest BCUT2D eigenvalue weighted by Gasteiger charge is 2.36. The number of halogens is 3. The summed E-state index contributed by atoms with van der Waals surface area (Å²) in [5.41, 5.74) is 1.05. The lowest BCUT2D eigenvalue weighted by Crippen LogP contribution is -2.25. The number of rotatable bonds is 15. The van der Waals surface area contributed by atoms with E-state index >= 15 is 0 Å². The Labute approximate surface area is 271 Å². The van der Waals surface area contributed by atoms with Crippen molar-refractivity contribution in [2.45, 2.75) is 50.8 Å². The first-order chi connectivity index (χ1) is 22.5. The van der Waals surface area contributed by atoms with E-state index in [0.29, 0.717) is 49.5 Å². The highest BCUT2D eigenvalue weighted by molar-refractivity contribution is 5.97. The van der Waals surface area contributed by atoms with Crippen LogP contribution < -0.4 is 9.47 Å². The summed E-state index contributed by atoms with van der Waals surface area (Å²) < 4.78 is 63.6. The average Bonchev–Trinajstić information content (AvgIpc) is 3.06. The van der Waals surface area contributed by atoms with Gasteiger partial charge >= 0.3 is 18.1 Å². The van der Waals surface area contributed by atoms with Crippen LogP contribution in [0.15, 0.2) is 98.3 Å². The number of fused-ring (bicyclic) bond motifs is 1. The Balaban J connectivity index is 1.36. The maximum absolute atomic E-state index is 14.0. The summed E-state index contributed by atoms with van der Waals surface area (Å²) >= 11 is 0. The fourth-order valence-electron chi connectivity index (χ4n) is 5.00. The van der Waals surface area contributed by atoms with E-state index in [1.165, 1.54) is 18.2 Å². The van der Waals surface area contributed by atoms with Gasteiger partial charge in [0, 0.05) is 24.5 Å². The number of carbonyl (C=O) groups excluding carboxylic acids is 3. The number of carbonyl (C=O) groups is 3. The molecule has 246 valence electrons. The first-order valence-corrected chi connectivity index (χ1v) is 15.0. The molecule has 0 aliphatic heterocycles. The van der Waals surface area contributed by atoms with E-state index in [1.54, 1.807) is 36.4 Å². The van der Waals surface area contributed by atoms with Crippen LogP contribution in [-0.2, 0) is 39.7 Å². The molecule has 0 radical (unpaired) electrons. The van der Waals surface area contributed by atoms with E-state index in [4.69, 9.17) is 18.9 Å². The van der Waals surface area contributed by atoms with Crippen molar-refractivity contribution < 1.29 is 46.5 Å². The molecule has 10 heteroatoms. The number of aryl methyl sites for hydroxylation is 1. The summed E-state index contributed by atoms with van der Waals surface area (Å²) in [6, 6.07) is 14.3. The zero-order chi connectivity index (χ0) is 34.0. The Hall–Kier alpha value is -5.12. The Morgan fingerprint density at radius 3 is 2.30 bits per heavy atom. The summed E-state index contributed by atoms with van der Waals surface area (Å²) in [5.74, 6) is -1.45. The normalized spacial score (nSPS) is 13.9. The first kappa shape index (κ1) is 34.7. The van der Waals surface area contributed by atoms with Gasteiger partial charge in [-0.25, -0.2) is 9.59 Å². The lowest BCUT2D eigenvalue weighted by atomic mass is 9.88. The van der Waals surface area contributed by atoms with Gasteiger partial charge in [-0.3, -0.25) is 4.79 Å². The fourth-order valence-corrected chi connectivity index (χ4v) is 5.00. The number of unbranched alkanes of at least 4 members (excludes halogenated alkanes) is 1. The molecule has 0 bridgehead atoms. The van der Waals surface area contributed by atoms with Crippen LogP contribution in [0.25, 0.3) is 0 Å². The minimum atomic E-state index is -4.84. The van der Waals surface area contributed by atoms with Crippen LogP contribution >= 0.6 is 0 Å². The number of esters is 2. The summed E-state index contributed by atoms with van der Waals surface area (Å²) in [4.78, 5) is 37.3. The molecule has 1 aliphatic rings. The number of hydrogen-bond acceptors (Lipinski definition) is 7. The molecule has 0 saturated carbocycles. The molecule has 1 atom stereocenters. The maximum atomic E-state index is 14.0. The van der Waals surface area contributed by atoms with E-state index in [2.05, 4.69) is 19.7 Å². The van der Waals surface area contributed by atoms with Crippen LogP contribution in [-0.4, -0.2) is 37.0 Å². The van der Waals surface area contributed by atoms with Crippen LogP contribution in [0.4, 0.5) is 13.2 Å². The minimum Gasteiger partial charge on any atom is -0.494 e. The zero-order valence-corrected chi connectivity index (χ0v) is 25.8. The van der Waals surface area contributed by atoms with Gasteiger partial charge in [-0.05, 0) is 97.0 Å². The zero-order valence-electron chi connectivity index (χ0n) is 25.8. The monoisotopic (exact) mass is 648 g/mol. The molecule has 0 amide bonds. The SMILES string of the molecule is C=CC(=C)OCCCCOc1ccc(C(=O)Cc2ccc(OC(=O)c3ccc4c(c3)CCC(OC(=O)C=C)C4)c(C(F)(F)F)c2)cc1. The molecule has 0 aromatic heterocycles. The van der Waals surface area contributed by atoms with Gasteiger partial charge in [0.05, 0.1) is 24.3 Å². The van der Waals surface area contributed by atoms with E-state index in [1.807, 2.05) is 0 Å². The van der Waals surface area contributed by atoms with Crippen LogP contribution in [0.5, 0.6) is 11.5 Å². The molecule has 7 nitrogen and oxygen atoms in total. The third-order valence-electron chi connectivity index (χ3n) is 7.49. The first-order valence-electron chi connectivity index (χ1n) is 15.0. The highest BCUT2D eigenvalue weighted by Crippen LogP contribution is 2.37. The van der Waals surface area contributed by atoms with Crippen LogP contribution in [0, 0.1) is 0 Å². The molecular formula is C37H35F3O7. The van der Waals surface area contributed by atoms with Gasteiger partial charge in [0.2, 0.25) is 0 Å². The second-order valence-electron chi connectivity index (χ2n) is 10.9. The van der Waals surface area contributed by atoms with E-state index in [-0.39, 0.29) is 29.4 Å². The standard InChI is InChI=1S/C37H35F3O7/c1-4-24(3)44-18-6-7-19-45-30-14-11-26(12-15-30)33(41)21-25-8-17-34(32(20-25)37(38,39)40)47-36(43)29-10-9-28-23-31(46-35(42)5-2)16-13-27(28)22-29/h4-5,8-12,14-15,17,20,22,31H,1-3,6-7,13,16,18-19,21,23H2. The van der Waals surface area contributed by atoms with Crippen molar-refractivity contribution in [3.05, 3.63) is 132 Å². The number of alkyl halides is 3. The van der Waals surface area contributed by atoms with Crippen LogP contribution in [0.1, 0.15) is 62.2 Å². The summed E-state index contributed by atoms with van der Waals surface area (Å²) in [6.07, 6.45) is 0.162. The van der Waals surface area contributed by atoms with Crippen LogP contribution in [0.3, 0.4) is 0 Å². The molecular weight excluding hydrogens is 613 g/mol. The number of hydrogen-bond donors (Lipinski definition) is 0. The topological polar surface area (TPSA) is 88.1 Å². The van der Waals surface area contributed by atoms with Gasteiger partial charge in [0.25, 0.3) is 0 Å².